The largest absolute Gasteiger partial charge is 0.368 e. The number of imidazole rings is 1. The first-order valence-electron chi connectivity index (χ1n) is 9.63. The van der Waals surface area contributed by atoms with E-state index in [-0.39, 0.29) is 23.8 Å². The minimum atomic E-state index is -0.304. The molecule has 11 heteroatoms. The second-order valence-electron chi connectivity index (χ2n) is 7.84. The van der Waals surface area contributed by atoms with Crippen LogP contribution in [-0.4, -0.2) is 47.3 Å². The van der Waals surface area contributed by atoms with Gasteiger partial charge in [-0.1, -0.05) is 5.16 Å². The quantitative estimate of drug-likeness (QED) is 0.491. The van der Waals surface area contributed by atoms with Crippen molar-refractivity contribution in [2.24, 2.45) is 18.9 Å². The highest BCUT2D eigenvalue weighted by Gasteiger charge is 2.58. The van der Waals surface area contributed by atoms with Gasteiger partial charge in [-0.15, -0.1) is 0 Å². The van der Waals surface area contributed by atoms with Crippen molar-refractivity contribution in [2.75, 3.05) is 18.0 Å². The summed E-state index contributed by atoms with van der Waals surface area (Å²) >= 11 is 0. The van der Waals surface area contributed by atoms with Crippen LogP contribution in [0.4, 0.5) is 10.1 Å². The predicted molar refractivity (Wildman–Crippen MR) is 102 cm³/mol. The molecule has 0 radical (unpaired) electrons. The number of anilines is 1. The molecular formula is C19H17FN8O2. The van der Waals surface area contributed by atoms with E-state index in [1.54, 1.807) is 30.2 Å². The van der Waals surface area contributed by atoms with Crippen LogP contribution in [0.15, 0.2) is 40.4 Å². The van der Waals surface area contributed by atoms with Gasteiger partial charge in [-0.3, -0.25) is 14.3 Å². The standard InChI is InChI=1S/C19H17FN8O2/c1-26-8-22-18-16(26)19(29)28(9-23-18)7-14-24-17(25-30-14)15-10-5-27(6-11(10)15)13-2-3-21-4-12(13)20/h2-4,8-11,15H,5-7H2,1H3. The van der Waals surface area contributed by atoms with Gasteiger partial charge in [0.1, 0.15) is 12.9 Å². The Balaban J connectivity index is 1.18. The van der Waals surface area contributed by atoms with Gasteiger partial charge in [-0.25, -0.2) is 14.4 Å². The number of hydrogen-bond acceptors (Lipinski definition) is 8. The summed E-state index contributed by atoms with van der Waals surface area (Å²) in [7, 11) is 1.75. The van der Waals surface area contributed by atoms with Gasteiger partial charge >= 0.3 is 0 Å². The molecule has 30 heavy (non-hydrogen) atoms. The average Bonchev–Trinajstić information content (AvgIpc) is 3.16. The third kappa shape index (κ3) is 2.54. The zero-order chi connectivity index (χ0) is 20.4. The Bertz CT molecular complexity index is 1320. The molecule has 0 amide bonds. The summed E-state index contributed by atoms with van der Waals surface area (Å²) in [5.41, 5.74) is 1.21. The number of halogens is 1. The highest BCUT2D eigenvalue weighted by atomic mass is 19.1. The van der Waals surface area contributed by atoms with E-state index in [1.165, 1.54) is 17.1 Å². The summed E-state index contributed by atoms with van der Waals surface area (Å²) in [6, 6.07) is 1.70. The summed E-state index contributed by atoms with van der Waals surface area (Å²) in [5.74, 6) is 1.66. The van der Waals surface area contributed by atoms with Crippen molar-refractivity contribution in [3.8, 4) is 0 Å². The van der Waals surface area contributed by atoms with Gasteiger partial charge < -0.3 is 14.0 Å². The zero-order valence-corrected chi connectivity index (χ0v) is 16.0. The van der Waals surface area contributed by atoms with Crippen molar-refractivity contribution < 1.29 is 8.91 Å². The molecule has 0 aromatic carbocycles. The van der Waals surface area contributed by atoms with Crippen LogP contribution in [0, 0.1) is 17.7 Å². The zero-order valence-electron chi connectivity index (χ0n) is 16.0. The highest BCUT2D eigenvalue weighted by Crippen LogP contribution is 2.58. The molecule has 0 N–H and O–H groups in total. The van der Waals surface area contributed by atoms with Crippen LogP contribution < -0.4 is 10.5 Å². The van der Waals surface area contributed by atoms with Crippen molar-refractivity contribution >= 4 is 16.9 Å². The van der Waals surface area contributed by atoms with Crippen LogP contribution in [0.2, 0.25) is 0 Å². The Hall–Kier alpha value is -3.63. The molecule has 1 saturated heterocycles. The Morgan fingerprint density at radius 1 is 1.23 bits per heavy atom. The molecule has 2 unspecified atom stereocenters. The molecule has 0 spiro atoms. The smallest absolute Gasteiger partial charge is 0.280 e. The maximum absolute atomic E-state index is 14.0. The molecule has 2 atom stereocenters. The molecule has 1 aliphatic carbocycles. The molecule has 5 heterocycles. The fraction of sp³-hybridized carbons (Fsp3) is 0.368. The molecule has 4 aromatic rings. The second kappa shape index (κ2) is 6.18. The first-order chi connectivity index (χ1) is 14.6. The lowest BCUT2D eigenvalue weighted by Crippen LogP contribution is -2.24. The molecule has 10 nitrogen and oxygen atoms in total. The van der Waals surface area contributed by atoms with E-state index in [0.717, 1.165) is 13.1 Å². The SMILES string of the molecule is Cn1cnc2ncn(Cc3nc(C4C5CN(c6ccncc6F)CC54)no3)c(=O)c21. The number of aryl methyl sites for hydroxylation is 1. The molecule has 0 bridgehead atoms. The lowest BCUT2D eigenvalue weighted by molar-refractivity contribution is 0.363. The van der Waals surface area contributed by atoms with E-state index in [1.807, 2.05) is 4.90 Å². The van der Waals surface area contributed by atoms with Gasteiger partial charge in [0.25, 0.3) is 5.56 Å². The van der Waals surface area contributed by atoms with Crippen LogP contribution in [0.5, 0.6) is 0 Å². The topological polar surface area (TPSA) is 108 Å². The third-order valence-electron chi connectivity index (χ3n) is 6.07. The summed E-state index contributed by atoms with van der Waals surface area (Å²) in [6.45, 7) is 1.65. The number of hydrogen-bond donors (Lipinski definition) is 0. The van der Waals surface area contributed by atoms with Crippen molar-refractivity contribution in [2.45, 2.75) is 12.5 Å². The Labute approximate surface area is 169 Å². The summed E-state index contributed by atoms with van der Waals surface area (Å²) in [4.78, 5) is 31.3. The van der Waals surface area contributed by atoms with Gasteiger partial charge in [-0.2, -0.15) is 4.98 Å². The third-order valence-corrected chi connectivity index (χ3v) is 6.07. The number of aromatic nitrogens is 7. The van der Waals surface area contributed by atoms with Gasteiger partial charge in [0.05, 0.1) is 18.2 Å². The van der Waals surface area contributed by atoms with Crippen molar-refractivity contribution in [3.05, 3.63) is 59.0 Å². The lowest BCUT2D eigenvalue weighted by atomic mass is 10.2. The van der Waals surface area contributed by atoms with Gasteiger partial charge in [0.2, 0.25) is 5.89 Å². The van der Waals surface area contributed by atoms with E-state index in [9.17, 15) is 9.18 Å². The fourth-order valence-electron chi connectivity index (χ4n) is 4.53. The van der Waals surface area contributed by atoms with Crippen LogP contribution in [0.1, 0.15) is 17.6 Å². The Morgan fingerprint density at radius 3 is 2.83 bits per heavy atom. The predicted octanol–water partition coefficient (Wildman–Crippen LogP) is 0.945. The summed E-state index contributed by atoms with van der Waals surface area (Å²) < 4.78 is 22.4. The number of piperidine rings is 1. The van der Waals surface area contributed by atoms with Crippen molar-refractivity contribution in [1.29, 1.82) is 0 Å². The highest BCUT2D eigenvalue weighted by molar-refractivity contribution is 5.68. The average molecular weight is 408 g/mol. The van der Waals surface area contributed by atoms with Gasteiger partial charge in [-0.05, 0) is 17.9 Å². The monoisotopic (exact) mass is 408 g/mol. The number of nitrogens with zero attached hydrogens (tertiary/aromatic N) is 8. The lowest BCUT2D eigenvalue weighted by Gasteiger charge is -2.21. The molecular weight excluding hydrogens is 391 g/mol. The van der Waals surface area contributed by atoms with Gasteiger partial charge in [0, 0.05) is 32.3 Å². The van der Waals surface area contributed by atoms with E-state index >= 15 is 0 Å². The molecule has 6 rings (SSSR count). The molecule has 1 aliphatic heterocycles. The van der Waals surface area contributed by atoms with Crippen molar-refractivity contribution in [3.63, 3.8) is 0 Å². The minimum absolute atomic E-state index is 0.149. The maximum atomic E-state index is 14.0. The first-order valence-corrected chi connectivity index (χ1v) is 9.63. The summed E-state index contributed by atoms with van der Waals surface area (Å²) in [5, 5.41) is 4.13. The van der Waals surface area contributed by atoms with E-state index in [4.69, 9.17) is 4.52 Å². The van der Waals surface area contributed by atoms with Crippen LogP contribution in [0.25, 0.3) is 11.2 Å². The van der Waals surface area contributed by atoms with E-state index in [2.05, 4.69) is 25.1 Å². The van der Waals surface area contributed by atoms with Crippen LogP contribution in [-0.2, 0) is 13.6 Å². The van der Waals surface area contributed by atoms with Crippen molar-refractivity contribution in [1.82, 2.24) is 34.2 Å². The number of pyridine rings is 1. The number of fused-ring (bicyclic) bond motifs is 2. The van der Waals surface area contributed by atoms with E-state index in [0.29, 0.717) is 40.4 Å². The molecule has 152 valence electrons. The first kappa shape index (κ1) is 17.2. The van der Waals surface area contributed by atoms with Gasteiger partial charge in [0.15, 0.2) is 22.8 Å². The summed E-state index contributed by atoms with van der Waals surface area (Å²) in [6.07, 6.45) is 5.84. The fourth-order valence-corrected chi connectivity index (χ4v) is 4.53. The molecule has 2 fully saturated rings. The normalized spacial score (nSPS) is 22.6. The molecule has 1 saturated carbocycles. The molecule has 2 aliphatic rings. The van der Waals surface area contributed by atoms with E-state index < -0.39 is 0 Å². The number of rotatable bonds is 4. The minimum Gasteiger partial charge on any atom is -0.368 e. The van der Waals surface area contributed by atoms with Crippen LogP contribution in [0.3, 0.4) is 0 Å². The maximum Gasteiger partial charge on any atom is 0.280 e. The molecule has 4 aromatic heterocycles. The Morgan fingerprint density at radius 2 is 2.03 bits per heavy atom. The Kier molecular flexibility index (Phi) is 3.55. The van der Waals surface area contributed by atoms with Crippen LogP contribution >= 0.6 is 0 Å². The second-order valence-corrected chi connectivity index (χ2v) is 7.84.